The molecule has 0 spiro atoms. The van der Waals surface area contributed by atoms with Gasteiger partial charge in [0.15, 0.2) is 11.6 Å². The zero-order valence-electron chi connectivity index (χ0n) is 12.9. The number of methoxy groups -OCH3 is 3. The topological polar surface area (TPSA) is 74.3 Å². The van der Waals surface area contributed by atoms with E-state index < -0.39 is 17.8 Å². The van der Waals surface area contributed by atoms with Crippen LogP contribution in [0.2, 0.25) is 0 Å². The molecule has 0 saturated carbocycles. The molecule has 0 N–H and O–H groups in total. The Morgan fingerprint density at radius 3 is 2.43 bits per heavy atom. The van der Waals surface area contributed by atoms with Gasteiger partial charge in [0.1, 0.15) is 12.4 Å². The summed E-state index contributed by atoms with van der Waals surface area (Å²) < 4.78 is 33.5. The Labute approximate surface area is 132 Å². The normalized spacial score (nSPS) is 14.5. The van der Waals surface area contributed by atoms with Gasteiger partial charge in [-0.15, -0.1) is 0 Å². The second-order valence-electron chi connectivity index (χ2n) is 4.53. The second-order valence-corrected chi connectivity index (χ2v) is 4.53. The van der Waals surface area contributed by atoms with E-state index in [4.69, 9.17) is 14.2 Å². The molecule has 0 aliphatic carbocycles. The summed E-state index contributed by atoms with van der Waals surface area (Å²) in [6.45, 7) is -0.150. The molecule has 124 valence electrons. The van der Waals surface area contributed by atoms with Gasteiger partial charge < -0.3 is 23.8 Å². The summed E-state index contributed by atoms with van der Waals surface area (Å²) in [6.07, 6.45) is 0. The molecule has 0 aromatic heterocycles. The first-order valence-electron chi connectivity index (χ1n) is 6.62. The van der Waals surface area contributed by atoms with Crippen molar-refractivity contribution >= 4 is 17.6 Å². The van der Waals surface area contributed by atoms with E-state index in [1.165, 1.54) is 44.4 Å². The zero-order chi connectivity index (χ0) is 17.0. The maximum Gasteiger partial charge on any atom is 0.355 e. The van der Waals surface area contributed by atoms with Gasteiger partial charge in [-0.2, -0.15) is 0 Å². The first kappa shape index (κ1) is 16.8. The van der Waals surface area contributed by atoms with Crippen molar-refractivity contribution in [2.45, 2.75) is 0 Å². The van der Waals surface area contributed by atoms with Crippen LogP contribution in [0.25, 0.3) is 0 Å². The number of nitrogens with zero attached hydrogens (tertiary/aromatic N) is 1. The minimum absolute atomic E-state index is 0.00169. The largest absolute Gasteiger partial charge is 0.494 e. The molecule has 0 radical (unpaired) electrons. The zero-order valence-corrected chi connectivity index (χ0v) is 12.9. The van der Waals surface area contributed by atoms with Crippen LogP contribution in [0.5, 0.6) is 5.75 Å². The fraction of sp³-hybridized carbons (Fsp3) is 0.333. The molecule has 2 rings (SSSR count). The monoisotopic (exact) mass is 325 g/mol. The fourth-order valence-corrected chi connectivity index (χ4v) is 2.17. The lowest BCUT2D eigenvalue weighted by Gasteiger charge is -2.31. The van der Waals surface area contributed by atoms with Crippen molar-refractivity contribution in [3.63, 3.8) is 0 Å². The molecule has 8 heteroatoms. The summed E-state index contributed by atoms with van der Waals surface area (Å²) in [4.78, 5) is 25.3. The maximum absolute atomic E-state index is 13.9. The van der Waals surface area contributed by atoms with Gasteiger partial charge in [0.25, 0.3) is 0 Å². The average Bonchev–Trinajstić information content (AvgIpc) is 2.59. The summed E-state index contributed by atoms with van der Waals surface area (Å²) >= 11 is 0. The summed E-state index contributed by atoms with van der Waals surface area (Å²) in [5.41, 5.74) is 0.266. The number of esters is 2. The summed E-state index contributed by atoms with van der Waals surface area (Å²) in [5, 5.41) is 0. The number of hydrogen-bond acceptors (Lipinski definition) is 7. The van der Waals surface area contributed by atoms with E-state index >= 15 is 0 Å². The van der Waals surface area contributed by atoms with Crippen molar-refractivity contribution in [3.05, 3.63) is 35.3 Å². The lowest BCUT2D eigenvalue weighted by molar-refractivity contribution is -0.140. The number of carbonyl (C=O) groups is 2. The van der Waals surface area contributed by atoms with Crippen molar-refractivity contribution in [1.82, 2.24) is 0 Å². The predicted molar refractivity (Wildman–Crippen MR) is 77.3 cm³/mol. The number of carbonyl (C=O) groups excluding carboxylic acids is 2. The minimum atomic E-state index is -0.745. The van der Waals surface area contributed by atoms with Crippen molar-refractivity contribution < 1.29 is 32.9 Å². The van der Waals surface area contributed by atoms with Gasteiger partial charge in [-0.1, -0.05) is 0 Å². The van der Waals surface area contributed by atoms with Crippen molar-refractivity contribution in [2.75, 3.05) is 39.6 Å². The lowest BCUT2D eigenvalue weighted by atomic mass is 10.1. The van der Waals surface area contributed by atoms with E-state index in [1.807, 2.05) is 0 Å². The molecule has 1 aromatic carbocycles. The molecule has 0 amide bonds. The minimum Gasteiger partial charge on any atom is -0.494 e. The van der Waals surface area contributed by atoms with Crippen LogP contribution in [-0.4, -0.2) is 46.6 Å². The van der Waals surface area contributed by atoms with E-state index in [9.17, 15) is 14.0 Å². The maximum atomic E-state index is 13.9. The van der Waals surface area contributed by atoms with Gasteiger partial charge in [-0.3, -0.25) is 0 Å². The van der Waals surface area contributed by atoms with Gasteiger partial charge in [0, 0.05) is 11.8 Å². The third-order valence-electron chi connectivity index (χ3n) is 3.28. The smallest absolute Gasteiger partial charge is 0.355 e. The van der Waals surface area contributed by atoms with Crippen molar-refractivity contribution in [3.8, 4) is 5.75 Å². The molecule has 0 fully saturated rings. The highest BCUT2D eigenvalue weighted by Gasteiger charge is 2.32. The van der Waals surface area contributed by atoms with Crippen LogP contribution in [-0.2, 0) is 23.8 Å². The summed E-state index contributed by atoms with van der Waals surface area (Å²) in [5.74, 6) is -2.02. The fourth-order valence-electron chi connectivity index (χ4n) is 2.17. The van der Waals surface area contributed by atoms with Crippen molar-refractivity contribution in [2.24, 2.45) is 0 Å². The number of halogens is 1. The quantitative estimate of drug-likeness (QED) is 0.771. The Morgan fingerprint density at radius 2 is 1.87 bits per heavy atom. The molecule has 1 aromatic rings. The summed E-state index contributed by atoms with van der Waals surface area (Å²) in [6, 6.07) is 4.12. The molecular weight excluding hydrogens is 309 g/mol. The van der Waals surface area contributed by atoms with Crippen LogP contribution in [0.1, 0.15) is 0 Å². The highest BCUT2D eigenvalue weighted by Crippen LogP contribution is 2.29. The van der Waals surface area contributed by atoms with Crippen molar-refractivity contribution in [1.29, 1.82) is 0 Å². The highest BCUT2D eigenvalue weighted by atomic mass is 19.1. The molecule has 0 unspecified atom stereocenters. The first-order chi connectivity index (χ1) is 11.0. The number of anilines is 1. The molecule has 1 aliphatic heterocycles. The van der Waals surface area contributed by atoms with Gasteiger partial charge in [0.05, 0.1) is 33.5 Å². The van der Waals surface area contributed by atoms with Crippen LogP contribution in [0, 0.1) is 5.82 Å². The molecule has 1 aliphatic rings. The third kappa shape index (κ3) is 3.26. The highest BCUT2D eigenvalue weighted by molar-refractivity contribution is 6.03. The standard InChI is InChI=1S/C15H16FNO6/c1-20-12-5-4-9(6-11(12)16)17-8-23-7-10(14(18)21-2)13(17)15(19)22-3/h4-6H,7-8H2,1-3H3. The predicted octanol–water partition coefficient (Wildman–Crippen LogP) is 1.23. The Morgan fingerprint density at radius 1 is 1.17 bits per heavy atom. The lowest BCUT2D eigenvalue weighted by Crippen LogP contribution is -2.38. The van der Waals surface area contributed by atoms with Crippen LogP contribution in [0.3, 0.4) is 0 Å². The molecule has 0 atom stereocenters. The average molecular weight is 325 g/mol. The molecule has 0 bridgehead atoms. The van der Waals surface area contributed by atoms with E-state index in [2.05, 4.69) is 4.74 Å². The second kappa shape index (κ2) is 7.10. The Kier molecular flexibility index (Phi) is 5.17. The van der Waals surface area contributed by atoms with Crippen LogP contribution in [0.15, 0.2) is 29.5 Å². The Hall–Kier alpha value is -2.61. The van der Waals surface area contributed by atoms with Gasteiger partial charge >= 0.3 is 11.9 Å². The van der Waals surface area contributed by atoms with Crippen LogP contribution in [0.4, 0.5) is 10.1 Å². The summed E-state index contributed by atoms with van der Waals surface area (Å²) in [7, 11) is 3.72. The third-order valence-corrected chi connectivity index (χ3v) is 3.28. The van der Waals surface area contributed by atoms with Gasteiger partial charge in [0.2, 0.25) is 0 Å². The van der Waals surface area contributed by atoms with Crippen LogP contribution < -0.4 is 9.64 Å². The number of hydrogen-bond donors (Lipinski definition) is 0. The SMILES string of the molecule is COC(=O)C1=C(C(=O)OC)N(c2ccc(OC)c(F)c2)COC1. The number of ether oxygens (including phenoxy) is 4. The van der Waals surface area contributed by atoms with E-state index in [-0.39, 0.29) is 30.4 Å². The Bertz CT molecular complexity index is 657. The van der Waals surface area contributed by atoms with E-state index in [0.29, 0.717) is 5.69 Å². The van der Waals surface area contributed by atoms with Crippen LogP contribution >= 0.6 is 0 Å². The number of rotatable bonds is 4. The molecule has 1 heterocycles. The molecule has 23 heavy (non-hydrogen) atoms. The molecule has 7 nitrogen and oxygen atoms in total. The van der Waals surface area contributed by atoms with E-state index in [0.717, 1.165) is 0 Å². The van der Waals surface area contributed by atoms with Gasteiger partial charge in [-0.05, 0) is 12.1 Å². The van der Waals surface area contributed by atoms with E-state index in [1.54, 1.807) is 0 Å². The molecule has 0 saturated heterocycles. The van der Waals surface area contributed by atoms with Gasteiger partial charge in [-0.25, -0.2) is 14.0 Å². The Balaban J connectivity index is 2.52. The first-order valence-corrected chi connectivity index (χ1v) is 6.62. The number of benzene rings is 1. The molecular formula is C15H16FNO6.